The summed E-state index contributed by atoms with van der Waals surface area (Å²) in [5.74, 6) is 0.759. The van der Waals surface area contributed by atoms with Gasteiger partial charge in [-0.05, 0) is 49.2 Å². The van der Waals surface area contributed by atoms with E-state index < -0.39 is 6.04 Å². The minimum Gasteiger partial charge on any atom is -0.454 e. The highest BCUT2D eigenvalue weighted by Gasteiger charge is 2.35. The molecule has 3 heterocycles. The second-order valence-electron chi connectivity index (χ2n) is 7.26. The summed E-state index contributed by atoms with van der Waals surface area (Å²) >= 11 is 13.2. The molecule has 2 aromatic carbocycles. The summed E-state index contributed by atoms with van der Waals surface area (Å²) in [6.45, 7) is 0.671. The molecule has 0 spiro atoms. The van der Waals surface area contributed by atoms with E-state index in [0.29, 0.717) is 50.2 Å². The zero-order chi connectivity index (χ0) is 22.2. The summed E-state index contributed by atoms with van der Waals surface area (Å²) in [6.07, 6.45) is 1.29. The second kappa shape index (κ2) is 8.57. The predicted octanol–water partition coefficient (Wildman–Crippen LogP) is 4.48. The van der Waals surface area contributed by atoms with Gasteiger partial charge in [0.2, 0.25) is 17.8 Å². The molecule has 0 aliphatic carbocycles. The number of anilines is 1. The summed E-state index contributed by atoms with van der Waals surface area (Å²) in [4.78, 5) is 27.4. The molecule has 1 unspecified atom stereocenters. The zero-order valence-electron chi connectivity index (χ0n) is 16.5. The Kier molecular flexibility index (Phi) is 5.62. The van der Waals surface area contributed by atoms with E-state index in [2.05, 4.69) is 15.5 Å². The quantitative estimate of drug-likeness (QED) is 0.579. The molecule has 5 rings (SSSR count). The average Bonchev–Trinajstić information content (AvgIpc) is 3.54. The molecule has 1 aromatic heterocycles. The highest BCUT2D eigenvalue weighted by Crippen LogP contribution is 2.37. The largest absolute Gasteiger partial charge is 0.454 e. The van der Waals surface area contributed by atoms with Crippen LogP contribution in [-0.2, 0) is 4.79 Å². The van der Waals surface area contributed by atoms with Crippen molar-refractivity contribution in [2.75, 3.05) is 18.7 Å². The highest BCUT2D eigenvalue weighted by atomic mass is 35.5. The smallest absolute Gasteiger partial charge is 0.254 e. The van der Waals surface area contributed by atoms with Crippen LogP contribution in [0.15, 0.2) is 36.4 Å². The number of amides is 2. The molecular weight excluding hydrogens is 475 g/mol. The number of nitrogens with one attached hydrogen (secondary N) is 1. The Morgan fingerprint density at radius 2 is 1.91 bits per heavy atom. The van der Waals surface area contributed by atoms with Gasteiger partial charge in [-0.15, -0.1) is 10.2 Å². The number of carbonyl (C=O) groups excluding carboxylic acids is 2. The molecule has 1 N–H and O–H groups in total. The van der Waals surface area contributed by atoms with Crippen LogP contribution in [0.5, 0.6) is 11.5 Å². The Morgan fingerprint density at radius 1 is 1.06 bits per heavy atom. The van der Waals surface area contributed by atoms with Crippen LogP contribution in [0.25, 0.3) is 10.6 Å². The third-order valence-corrected chi connectivity index (χ3v) is 6.88. The van der Waals surface area contributed by atoms with Crippen molar-refractivity contribution in [3.63, 3.8) is 0 Å². The number of ether oxygens (including phenoxy) is 2. The molecule has 2 aliphatic heterocycles. The maximum absolute atomic E-state index is 13.0. The van der Waals surface area contributed by atoms with E-state index in [9.17, 15) is 9.59 Å². The molecule has 32 heavy (non-hydrogen) atoms. The normalized spacial score (nSPS) is 16.9. The van der Waals surface area contributed by atoms with Gasteiger partial charge in [0.05, 0.1) is 10.0 Å². The van der Waals surface area contributed by atoms with Crippen molar-refractivity contribution in [1.82, 2.24) is 15.1 Å². The fraction of sp³-hybridized carbons (Fsp3) is 0.238. The fourth-order valence-electron chi connectivity index (χ4n) is 3.69. The van der Waals surface area contributed by atoms with Gasteiger partial charge in [-0.1, -0.05) is 34.5 Å². The molecule has 3 aromatic rings. The number of hydrogen-bond donors (Lipinski definition) is 1. The van der Waals surface area contributed by atoms with Gasteiger partial charge in [-0.2, -0.15) is 0 Å². The van der Waals surface area contributed by atoms with Crippen LogP contribution >= 0.6 is 34.5 Å². The summed E-state index contributed by atoms with van der Waals surface area (Å²) in [5.41, 5.74) is 1.20. The Morgan fingerprint density at radius 3 is 2.75 bits per heavy atom. The number of hydrogen-bond acceptors (Lipinski definition) is 7. The van der Waals surface area contributed by atoms with E-state index in [-0.39, 0.29) is 18.6 Å². The average molecular weight is 491 g/mol. The van der Waals surface area contributed by atoms with Gasteiger partial charge in [0.1, 0.15) is 11.0 Å². The number of fused-ring (bicyclic) bond motifs is 1. The van der Waals surface area contributed by atoms with Crippen LogP contribution in [0, 0.1) is 0 Å². The number of nitrogens with zero attached hydrogens (tertiary/aromatic N) is 3. The van der Waals surface area contributed by atoms with Gasteiger partial charge in [-0.25, -0.2) is 0 Å². The molecule has 11 heteroatoms. The molecule has 8 nitrogen and oxygen atoms in total. The lowest BCUT2D eigenvalue weighted by atomic mass is 10.1. The van der Waals surface area contributed by atoms with Crippen molar-refractivity contribution in [3.8, 4) is 22.1 Å². The van der Waals surface area contributed by atoms with Gasteiger partial charge < -0.3 is 14.4 Å². The molecule has 1 atom stereocenters. The molecule has 2 amide bonds. The Bertz CT molecular complexity index is 1220. The number of likely N-dealkylation sites (tertiary alicyclic amines) is 1. The molecule has 164 valence electrons. The maximum atomic E-state index is 13.0. The Hall–Kier alpha value is -2.88. The van der Waals surface area contributed by atoms with Gasteiger partial charge in [0.15, 0.2) is 11.5 Å². The van der Waals surface area contributed by atoms with Crippen molar-refractivity contribution in [3.05, 3.63) is 52.0 Å². The summed E-state index contributed by atoms with van der Waals surface area (Å²) in [7, 11) is 0. The number of benzene rings is 2. The third kappa shape index (κ3) is 3.99. The van der Waals surface area contributed by atoms with Crippen molar-refractivity contribution in [2.24, 2.45) is 0 Å². The molecule has 2 aliphatic rings. The van der Waals surface area contributed by atoms with E-state index in [1.54, 1.807) is 17.0 Å². The van der Waals surface area contributed by atoms with E-state index >= 15 is 0 Å². The highest BCUT2D eigenvalue weighted by molar-refractivity contribution is 7.18. The molecule has 0 bridgehead atoms. The molecule has 0 radical (unpaired) electrons. The van der Waals surface area contributed by atoms with Crippen LogP contribution in [0.4, 0.5) is 5.13 Å². The standard InChI is InChI=1S/C21H16Cl2N4O4S/c22-13-5-3-12(8-14(13)23)20(29)27-7-1-2-15(27)18(28)24-21-26-25-19(32-21)11-4-6-16-17(9-11)31-10-30-16/h3-6,8-9,15H,1-2,7,10H2,(H,24,26,28). The van der Waals surface area contributed by atoms with Crippen LogP contribution in [0.3, 0.4) is 0 Å². The van der Waals surface area contributed by atoms with Crippen LogP contribution in [0.1, 0.15) is 23.2 Å². The monoisotopic (exact) mass is 490 g/mol. The van der Waals surface area contributed by atoms with Crippen LogP contribution in [0.2, 0.25) is 10.0 Å². The molecule has 1 saturated heterocycles. The van der Waals surface area contributed by atoms with Crippen molar-refractivity contribution >= 4 is 51.5 Å². The maximum Gasteiger partial charge on any atom is 0.254 e. The van der Waals surface area contributed by atoms with E-state index in [0.717, 1.165) is 12.0 Å². The third-order valence-electron chi connectivity index (χ3n) is 5.26. The topological polar surface area (TPSA) is 93.7 Å². The first-order valence-corrected chi connectivity index (χ1v) is 11.4. The summed E-state index contributed by atoms with van der Waals surface area (Å²) < 4.78 is 10.7. The number of aromatic nitrogens is 2. The van der Waals surface area contributed by atoms with Gasteiger partial charge in [0, 0.05) is 17.7 Å². The SMILES string of the molecule is O=C(Nc1nnc(-c2ccc3c(c2)OCO3)s1)C1CCCN1C(=O)c1ccc(Cl)c(Cl)c1. The molecular formula is C21H16Cl2N4O4S. The lowest BCUT2D eigenvalue weighted by Crippen LogP contribution is -2.43. The summed E-state index contributed by atoms with van der Waals surface area (Å²) in [5, 5.41) is 12.7. The first kappa shape index (κ1) is 21.0. The predicted molar refractivity (Wildman–Crippen MR) is 121 cm³/mol. The zero-order valence-corrected chi connectivity index (χ0v) is 18.8. The molecule has 0 saturated carbocycles. The fourth-order valence-corrected chi connectivity index (χ4v) is 4.73. The van der Waals surface area contributed by atoms with E-state index in [1.165, 1.54) is 17.4 Å². The van der Waals surface area contributed by atoms with Crippen molar-refractivity contribution in [2.45, 2.75) is 18.9 Å². The summed E-state index contributed by atoms with van der Waals surface area (Å²) in [6, 6.07) is 9.57. The lowest BCUT2D eigenvalue weighted by Gasteiger charge is -2.23. The number of halogens is 2. The van der Waals surface area contributed by atoms with Crippen molar-refractivity contribution < 1.29 is 19.1 Å². The minimum absolute atomic E-state index is 0.190. The van der Waals surface area contributed by atoms with E-state index in [1.807, 2.05) is 18.2 Å². The molecule has 1 fully saturated rings. The first-order valence-electron chi connectivity index (χ1n) is 9.80. The van der Waals surface area contributed by atoms with Gasteiger partial charge in [0.25, 0.3) is 5.91 Å². The van der Waals surface area contributed by atoms with Gasteiger partial charge in [-0.3, -0.25) is 14.9 Å². The minimum atomic E-state index is -0.602. The first-order chi connectivity index (χ1) is 15.5. The Balaban J connectivity index is 1.29. The lowest BCUT2D eigenvalue weighted by molar-refractivity contribution is -0.119. The second-order valence-corrected chi connectivity index (χ2v) is 9.05. The van der Waals surface area contributed by atoms with Gasteiger partial charge >= 0.3 is 0 Å². The van der Waals surface area contributed by atoms with Crippen molar-refractivity contribution in [1.29, 1.82) is 0 Å². The number of rotatable bonds is 4. The van der Waals surface area contributed by atoms with E-state index in [4.69, 9.17) is 32.7 Å². The van der Waals surface area contributed by atoms with Crippen LogP contribution in [-0.4, -0.2) is 46.3 Å². The number of carbonyl (C=O) groups is 2. The van der Waals surface area contributed by atoms with Crippen LogP contribution < -0.4 is 14.8 Å². The Labute approximate surface area is 197 Å².